The molecule has 0 saturated carbocycles. The largest absolute Gasteiger partial charge is 0.490 e. The molecule has 2 aromatic carbocycles. The average molecular weight is 324 g/mol. The third kappa shape index (κ3) is 2.85. The van der Waals surface area contributed by atoms with E-state index in [2.05, 4.69) is 4.98 Å². The van der Waals surface area contributed by atoms with Gasteiger partial charge in [-0.15, -0.1) is 0 Å². The number of imidazole rings is 1. The van der Waals surface area contributed by atoms with E-state index in [9.17, 15) is 4.79 Å². The molecule has 0 fully saturated rings. The van der Waals surface area contributed by atoms with Crippen LogP contribution in [-0.2, 0) is 0 Å². The monoisotopic (exact) mass is 324 g/mol. The molecule has 0 amide bonds. The van der Waals surface area contributed by atoms with Crippen molar-refractivity contribution >= 4 is 16.9 Å². The SMILES string of the molecule is CCOc1ccc(C(=O)n2c(C)nc3ccccc32)cc1OCC. The molecule has 5 nitrogen and oxygen atoms in total. The lowest BCUT2D eigenvalue weighted by molar-refractivity contribution is 0.0962. The molecule has 0 saturated heterocycles. The van der Waals surface area contributed by atoms with E-state index in [4.69, 9.17) is 9.47 Å². The summed E-state index contributed by atoms with van der Waals surface area (Å²) < 4.78 is 12.8. The van der Waals surface area contributed by atoms with Crippen LogP contribution in [0.2, 0.25) is 0 Å². The van der Waals surface area contributed by atoms with Gasteiger partial charge in [-0.05, 0) is 51.1 Å². The molecule has 0 aliphatic carbocycles. The maximum Gasteiger partial charge on any atom is 0.263 e. The average Bonchev–Trinajstić information content (AvgIpc) is 2.92. The zero-order chi connectivity index (χ0) is 17.1. The molecule has 0 atom stereocenters. The van der Waals surface area contributed by atoms with E-state index in [0.29, 0.717) is 36.1 Å². The minimum absolute atomic E-state index is 0.134. The summed E-state index contributed by atoms with van der Waals surface area (Å²) in [5.41, 5.74) is 2.14. The van der Waals surface area contributed by atoms with Crippen LogP contribution in [-0.4, -0.2) is 28.7 Å². The predicted molar refractivity (Wildman–Crippen MR) is 93.0 cm³/mol. The van der Waals surface area contributed by atoms with E-state index >= 15 is 0 Å². The van der Waals surface area contributed by atoms with Crippen molar-refractivity contribution in [3.63, 3.8) is 0 Å². The number of carbonyl (C=O) groups is 1. The molecule has 5 heteroatoms. The first kappa shape index (κ1) is 16.1. The molecule has 1 aromatic heterocycles. The lowest BCUT2D eigenvalue weighted by atomic mass is 10.1. The normalized spacial score (nSPS) is 10.8. The number of aromatic nitrogens is 2. The summed E-state index contributed by atoms with van der Waals surface area (Å²) in [6.07, 6.45) is 0. The zero-order valence-corrected chi connectivity index (χ0v) is 14.1. The summed E-state index contributed by atoms with van der Waals surface area (Å²) in [7, 11) is 0. The van der Waals surface area contributed by atoms with Crippen LogP contribution in [0.3, 0.4) is 0 Å². The van der Waals surface area contributed by atoms with Crippen molar-refractivity contribution in [3.05, 3.63) is 53.9 Å². The van der Waals surface area contributed by atoms with E-state index in [1.165, 1.54) is 0 Å². The first-order valence-electron chi connectivity index (χ1n) is 8.04. The van der Waals surface area contributed by atoms with Crippen molar-refractivity contribution in [1.82, 2.24) is 9.55 Å². The minimum atomic E-state index is -0.134. The molecule has 0 aliphatic rings. The first-order chi connectivity index (χ1) is 11.7. The molecule has 1 heterocycles. The number of hydrogen-bond acceptors (Lipinski definition) is 4. The second kappa shape index (κ2) is 6.74. The minimum Gasteiger partial charge on any atom is -0.490 e. The van der Waals surface area contributed by atoms with Gasteiger partial charge >= 0.3 is 0 Å². The Morgan fingerprint density at radius 1 is 1.04 bits per heavy atom. The van der Waals surface area contributed by atoms with E-state index in [-0.39, 0.29) is 5.91 Å². The molecular weight excluding hydrogens is 304 g/mol. The number of ether oxygens (including phenoxy) is 2. The molecule has 0 aliphatic heterocycles. The number of aryl methyl sites for hydroxylation is 1. The number of nitrogens with zero attached hydrogens (tertiary/aromatic N) is 2. The second-order valence-corrected chi connectivity index (χ2v) is 5.32. The summed E-state index contributed by atoms with van der Waals surface area (Å²) in [4.78, 5) is 17.4. The highest BCUT2D eigenvalue weighted by Crippen LogP contribution is 2.29. The zero-order valence-electron chi connectivity index (χ0n) is 14.1. The summed E-state index contributed by atoms with van der Waals surface area (Å²) in [5, 5.41) is 0. The highest BCUT2D eigenvalue weighted by atomic mass is 16.5. The lowest BCUT2D eigenvalue weighted by Crippen LogP contribution is -2.14. The lowest BCUT2D eigenvalue weighted by Gasteiger charge is -2.12. The van der Waals surface area contributed by atoms with Gasteiger partial charge in [0.1, 0.15) is 5.82 Å². The number of benzene rings is 2. The molecule has 0 spiro atoms. The van der Waals surface area contributed by atoms with Gasteiger partial charge in [0.05, 0.1) is 24.2 Å². The maximum atomic E-state index is 13.0. The van der Waals surface area contributed by atoms with Crippen molar-refractivity contribution < 1.29 is 14.3 Å². The number of para-hydroxylation sites is 2. The van der Waals surface area contributed by atoms with Gasteiger partial charge in [0.15, 0.2) is 11.5 Å². The van der Waals surface area contributed by atoms with Crippen LogP contribution in [0.4, 0.5) is 0 Å². The third-order valence-electron chi connectivity index (χ3n) is 3.72. The molecule has 3 aromatic rings. The van der Waals surface area contributed by atoms with Gasteiger partial charge in [0.25, 0.3) is 5.91 Å². The highest BCUT2D eigenvalue weighted by Gasteiger charge is 2.17. The summed E-state index contributed by atoms with van der Waals surface area (Å²) in [6, 6.07) is 12.9. The van der Waals surface area contributed by atoms with Gasteiger partial charge in [-0.3, -0.25) is 9.36 Å². The Morgan fingerprint density at radius 3 is 2.50 bits per heavy atom. The Kier molecular flexibility index (Phi) is 4.51. The maximum absolute atomic E-state index is 13.0. The Hall–Kier alpha value is -2.82. The Morgan fingerprint density at radius 2 is 1.75 bits per heavy atom. The quantitative estimate of drug-likeness (QED) is 0.716. The number of rotatable bonds is 5. The van der Waals surface area contributed by atoms with E-state index < -0.39 is 0 Å². The van der Waals surface area contributed by atoms with Gasteiger partial charge in [0.2, 0.25) is 0 Å². The predicted octanol–water partition coefficient (Wildman–Crippen LogP) is 3.83. The van der Waals surface area contributed by atoms with Crippen molar-refractivity contribution in [3.8, 4) is 11.5 Å². The molecule has 0 radical (unpaired) electrons. The summed E-state index contributed by atoms with van der Waals surface area (Å²) >= 11 is 0. The molecular formula is C19H20N2O3. The fourth-order valence-corrected chi connectivity index (χ4v) is 2.72. The van der Waals surface area contributed by atoms with Crippen molar-refractivity contribution in [2.45, 2.75) is 20.8 Å². The van der Waals surface area contributed by atoms with Crippen molar-refractivity contribution in [1.29, 1.82) is 0 Å². The van der Waals surface area contributed by atoms with Crippen LogP contribution in [0.25, 0.3) is 11.0 Å². The van der Waals surface area contributed by atoms with Gasteiger partial charge < -0.3 is 9.47 Å². The Labute approximate surface area is 140 Å². The third-order valence-corrected chi connectivity index (χ3v) is 3.72. The molecule has 0 unspecified atom stereocenters. The first-order valence-corrected chi connectivity index (χ1v) is 8.04. The topological polar surface area (TPSA) is 53.4 Å². The Bertz CT molecular complexity index is 883. The molecule has 3 rings (SSSR count). The summed E-state index contributed by atoms with van der Waals surface area (Å²) in [6.45, 7) is 6.69. The number of fused-ring (bicyclic) bond motifs is 1. The van der Waals surface area contributed by atoms with E-state index in [1.54, 1.807) is 22.8 Å². The second-order valence-electron chi connectivity index (χ2n) is 5.32. The molecule has 0 N–H and O–H groups in total. The van der Waals surface area contributed by atoms with Crippen LogP contribution >= 0.6 is 0 Å². The molecule has 124 valence electrons. The van der Waals surface area contributed by atoms with Crippen LogP contribution in [0, 0.1) is 6.92 Å². The molecule has 24 heavy (non-hydrogen) atoms. The molecule has 0 bridgehead atoms. The highest BCUT2D eigenvalue weighted by molar-refractivity contribution is 6.02. The van der Waals surface area contributed by atoms with Crippen molar-refractivity contribution in [2.24, 2.45) is 0 Å². The van der Waals surface area contributed by atoms with E-state index in [1.807, 2.05) is 45.0 Å². The number of hydrogen-bond donors (Lipinski definition) is 0. The number of carbonyl (C=O) groups excluding carboxylic acids is 1. The van der Waals surface area contributed by atoms with Gasteiger partial charge in [-0.1, -0.05) is 12.1 Å². The van der Waals surface area contributed by atoms with Gasteiger partial charge in [0, 0.05) is 5.56 Å². The van der Waals surface area contributed by atoms with Crippen LogP contribution in [0.5, 0.6) is 11.5 Å². The fraction of sp³-hybridized carbons (Fsp3) is 0.263. The van der Waals surface area contributed by atoms with Crippen LogP contribution in [0.15, 0.2) is 42.5 Å². The fourth-order valence-electron chi connectivity index (χ4n) is 2.72. The van der Waals surface area contributed by atoms with E-state index in [0.717, 1.165) is 11.0 Å². The smallest absolute Gasteiger partial charge is 0.263 e. The van der Waals surface area contributed by atoms with Crippen molar-refractivity contribution in [2.75, 3.05) is 13.2 Å². The Balaban J connectivity index is 2.06. The standard InChI is InChI=1S/C19H20N2O3/c1-4-23-17-11-10-14(12-18(17)24-5-2)19(22)21-13(3)20-15-8-6-7-9-16(15)21/h6-12H,4-5H2,1-3H3. The van der Waals surface area contributed by atoms with Gasteiger partial charge in [-0.25, -0.2) is 4.98 Å². The van der Waals surface area contributed by atoms with Gasteiger partial charge in [-0.2, -0.15) is 0 Å². The van der Waals surface area contributed by atoms with Crippen LogP contribution in [0.1, 0.15) is 30.0 Å². The summed E-state index contributed by atoms with van der Waals surface area (Å²) in [5.74, 6) is 1.74. The van der Waals surface area contributed by atoms with Crippen LogP contribution < -0.4 is 9.47 Å².